The second-order valence-electron chi connectivity index (χ2n) is 8.87. The molecule has 3 aromatic carbocycles. The van der Waals surface area contributed by atoms with Gasteiger partial charge in [-0.1, -0.05) is 72.8 Å². The maximum Gasteiger partial charge on any atom is 0.229 e. The van der Waals surface area contributed by atoms with Crippen molar-refractivity contribution in [3.63, 3.8) is 0 Å². The quantitative estimate of drug-likeness (QED) is 0.224. The monoisotopic (exact) mass is 516 g/mol. The number of amides is 1. The van der Waals surface area contributed by atoms with Crippen molar-refractivity contribution in [2.75, 3.05) is 30.7 Å². The zero-order chi connectivity index (χ0) is 26.0. The average molecular weight is 517 g/mol. The molecule has 7 nitrogen and oxygen atoms in total. The highest BCUT2D eigenvalue weighted by molar-refractivity contribution is 7.15. The topological polar surface area (TPSA) is 112 Å². The molecular formula is C29H32N4O3S. The van der Waals surface area contributed by atoms with Crippen molar-refractivity contribution < 1.29 is 15.0 Å². The molecule has 0 aliphatic heterocycles. The van der Waals surface area contributed by atoms with E-state index in [1.54, 1.807) is 6.20 Å². The fraction of sp³-hybridized carbons (Fsp3) is 0.241. The van der Waals surface area contributed by atoms with Crippen molar-refractivity contribution in [3.05, 3.63) is 113 Å². The molecule has 192 valence electrons. The molecule has 8 heteroatoms. The summed E-state index contributed by atoms with van der Waals surface area (Å²) in [6, 6.07) is 27.0. The van der Waals surface area contributed by atoms with Gasteiger partial charge < -0.3 is 21.3 Å². The van der Waals surface area contributed by atoms with Crippen LogP contribution in [-0.4, -0.2) is 45.7 Å². The number of nitrogens with two attached hydrogens (primary N) is 1. The van der Waals surface area contributed by atoms with Crippen LogP contribution in [0.25, 0.3) is 0 Å². The lowest BCUT2D eigenvalue weighted by Gasteiger charge is -2.32. The van der Waals surface area contributed by atoms with Crippen LogP contribution in [-0.2, 0) is 17.6 Å². The van der Waals surface area contributed by atoms with Gasteiger partial charge in [0.25, 0.3) is 0 Å². The fourth-order valence-electron chi connectivity index (χ4n) is 4.28. The number of benzene rings is 3. The van der Waals surface area contributed by atoms with E-state index < -0.39 is 6.10 Å². The first kappa shape index (κ1) is 26.5. The van der Waals surface area contributed by atoms with E-state index in [9.17, 15) is 15.0 Å². The van der Waals surface area contributed by atoms with Crippen molar-refractivity contribution >= 4 is 28.1 Å². The molecule has 0 saturated carbocycles. The third kappa shape index (κ3) is 7.71. The summed E-state index contributed by atoms with van der Waals surface area (Å²) in [6.45, 7) is 0.977. The van der Waals surface area contributed by atoms with Crippen LogP contribution >= 0.6 is 11.3 Å². The van der Waals surface area contributed by atoms with Crippen LogP contribution in [0, 0.1) is 0 Å². The number of carbonyl (C=O) groups is 1. The number of anilines is 2. The van der Waals surface area contributed by atoms with Gasteiger partial charge in [0.05, 0.1) is 25.2 Å². The molecule has 1 unspecified atom stereocenters. The Kier molecular flexibility index (Phi) is 9.40. The summed E-state index contributed by atoms with van der Waals surface area (Å²) in [4.78, 5) is 19.3. The highest BCUT2D eigenvalue weighted by Gasteiger charge is 2.23. The Labute approximate surface area is 221 Å². The van der Waals surface area contributed by atoms with Crippen molar-refractivity contribution in [2.24, 2.45) is 0 Å². The highest BCUT2D eigenvalue weighted by atomic mass is 32.1. The van der Waals surface area contributed by atoms with E-state index in [-0.39, 0.29) is 25.0 Å². The lowest BCUT2D eigenvalue weighted by molar-refractivity contribution is -0.115. The predicted octanol–water partition coefficient (Wildman–Crippen LogP) is 4.22. The Morgan fingerprint density at radius 1 is 0.973 bits per heavy atom. The first-order valence-corrected chi connectivity index (χ1v) is 13.1. The summed E-state index contributed by atoms with van der Waals surface area (Å²) in [5.74, 6) is -0.119. The summed E-state index contributed by atoms with van der Waals surface area (Å²) in [7, 11) is 0. The SMILES string of the molecule is Nc1ncc(CC(=O)Nc2ccc(CCN(C[C@@H](O)c3ccccc3)C(CO)c3ccccc3)cc2)s1. The number of thiazole rings is 1. The van der Waals surface area contributed by atoms with E-state index in [4.69, 9.17) is 5.73 Å². The minimum Gasteiger partial charge on any atom is -0.394 e. The first-order valence-electron chi connectivity index (χ1n) is 12.2. The lowest BCUT2D eigenvalue weighted by Crippen LogP contribution is -2.36. The van der Waals surface area contributed by atoms with Gasteiger partial charge >= 0.3 is 0 Å². The lowest BCUT2D eigenvalue weighted by atomic mass is 10.0. The van der Waals surface area contributed by atoms with Gasteiger partial charge in [-0.05, 0) is 35.2 Å². The normalized spacial score (nSPS) is 12.8. The molecule has 0 fully saturated rings. The van der Waals surface area contributed by atoms with Crippen molar-refractivity contribution in [3.8, 4) is 0 Å². The number of carbonyl (C=O) groups excluding carboxylic acids is 1. The van der Waals surface area contributed by atoms with Crippen LogP contribution in [0.1, 0.15) is 33.7 Å². The molecule has 37 heavy (non-hydrogen) atoms. The molecule has 0 aliphatic rings. The summed E-state index contributed by atoms with van der Waals surface area (Å²) in [6.07, 6.45) is 1.90. The first-order chi connectivity index (χ1) is 18.0. The maximum atomic E-state index is 12.3. The van der Waals surface area contributed by atoms with Gasteiger partial charge in [0.1, 0.15) is 0 Å². The number of aliphatic hydroxyl groups is 2. The Bertz CT molecular complexity index is 1250. The van der Waals surface area contributed by atoms with Gasteiger partial charge in [-0.15, -0.1) is 11.3 Å². The third-order valence-corrected chi connectivity index (χ3v) is 7.05. The summed E-state index contributed by atoms with van der Waals surface area (Å²) >= 11 is 1.31. The zero-order valence-corrected chi connectivity index (χ0v) is 21.3. The van der Waals surface area contributed by atoms with Crippen molar-refractivity contribution in [1.29, 1.82) is 0 Å². The smallest absolute Gasteiger partial charge is 0.229 e. The fourth-order valence-corrected chi connectivity index (χ4v) is 4.96. The molecule has 4 rings (SSSR count). The standard InChI is InChI=1S/C29H32N4O3S/c30-29-31-18-25(37-29)17-28(36)32-24-13-11-21(12-14-24)15-16-33(19-27(35)23-9-5-2-6-10-23)26(20-34)22-7-3-1-4-8-22/h1-14,18,26-27,34-35H,15-17,19-20H2,(H2,30,31)(H,32,36)/t26?,27-/m1/s1. The van der Waals surface area contributed by atoms with Crippen LogP contribution < -0.4 is 11.1 Å². The average Bonchev–Trinajstić information content (AvgIpc) is 3.33. The van der Waals surface area contributed by atoms with Gasteiger partial charge in [-0.25, -0.2) is 4.98 Å². The molecule has 0 saturated heterocycles. The third-order valence-electron chi connectivity index (χ3n) is 6.22. The Hall–Kier alpha value is -3.56. The van der Waals surface area contributed by atoms with Crippen LogP contribution in [0.4, 0.5) is 10.8 Å². The number of nitrogen functional groups attached to an aromatic ring is 1. The number of hydrogen-bond donors (Lipinski definition) is 4. The van der Waals surface area contributed by atoms with Crippen LogP contribution in [0.15, 0.2) is 91.1 Å². The number of hydrogen-bond acceptors (Lipinski definition) is 7. The van der Waals surface area contributed by atoms with E-state index in [0.717, 1.165) is 33.7 Å². The predicted molar refractivity (Wildman–Crippen MR) is 148 cm³/mol. The zero-order valence-electron chi connectivity index (χ0n) is 20.5. The molecule has 0 aliphatic carbocycles. The van der Waals surface area contributed by atoms with E-state index in [1.807, 2.05) is 84.9 Å². The van der Waals surface area contributed by atoms with E-state index in [0.29, 0.717) is 18.2 Å². The maximum absolute atomic E-state index is 12.3. The second kappa shape index (κ2) is 13.1. The highest BCUT2D eigenvalue weighted by Crippen LogP contribution is 2.25. The Morgan fingerprint density at radius 3 is 2.22 bits per heavy atom. The van der Waals surface area contributed by atoms with E-state index >= 15 is 0 Å². The minimum atomic E-state index is -0.676. The Morgan fingerprint density at radius 2 is 1.62 bits per heavy atom. The molecule has 2 atom stereocenters. The van der Waals surface area contributed by atoms with Crippen LogP contribution in [0.3, 0.4) is 0 Å². The molecule has 4 aromatic rings. The van der Waals surface area contributed by atoms with Gasteiger partial charge in [-0.2, -0.15) is 0 Å². The molecule has 0 radical (unpaired) electrons. The van der Waals surface area contributed by atoms with E-state index in [2.05, 4.69) is 15.2 Å². The van der Waals surface area contributed by atoms with Gasteiger partial charge in [0, 0.05) is 29.9 Å². The molecule has 5 N–H and O–H groups in total. The number of aromatic nitrogens is 1. The molecular weight excluding hydrogens is 484 g/mol. The van der Waals surface area contributed by atoms with Gasteiger partial charge in [0.15, 0.2) is 5.13 Å². The second-order valence-corrected chi connectivity index (χ2v) is 10.0. The van der Waals surface area contributed by atoms with Crippen molar-refractivity contribution in [1.82, 2.24) is 9.88 Å². The summed E-state index contributed by atoms with van der Waals surface area (Å²) in [5, 5.41) is 24.6. The largest absolute Gasteiger partial charge is 0.394 e. The number of nitrogens with one attached hydrogen (secondary N) is 1. The number of nitrogens with zero attached hydrogens (tertiary/aromatic N) is 2. The van der Waals surface area contributed by atoms with Gasteiger partial charge in [0.2, 0.25) is 5.91 Å². The van der Waals surface area contributed by atoms with Crippen LogP contribution in [0.2, 0.25) is 0 Å². The Balaban J connectivity index is 1.40. The molecule has 1 aromatic heterocycles. The molecule has 1 heterocycles. The molecule has 1 amide bonds. The molecule has 0 bridgehead atoms. The van der Waals surface area contributed by atoms with Crippen molar-refractivity contribution in [2.45, 2.75) is 25.0 Å². The summed E-state index contributed by atoms with van der Waals surface area (Å²) < 4.78 is 0. The minimum absolute atomic E-state index is 0.0537. The summed E-state index contributed by atoms with van der Waals surface area (Å²) in [5.41, 5.74) is 9.30. The van der Waals surface area contributed by atoms with Crippen LogP contribution in [0.5, 0.6) is 0 Å². The molecule has 0 spiro atoms. The number of rotatable bonds is 12. The van der Waals surface area contributed by atoms with E-state index in [1.165, 1.54) is 11.3 Å². The van der Waals surface area contributed by atoms with Gasteiger partial charge in [-0.3, -0.25) is 9.69 Å². The number of aliphatic hydroxyl groups excluding tert-OH is 2.